The minimum atomic E-state index is -0.661. The summed E-state index contributed by atoms with van der Waals surface area (Å²) in [6.07, 6.45) is 0.126. The van der Waals surface area contributed by atoms with Gasteiger partial charge in [-0.1, -0.05) is 24.3 Å². The van der Waals surface area contributed by atoms with Crippen LogP contribution in [0.15, 0.2) is 41.8 Å². The number of urea groups is 1. The number of carbonyl (C=O) groups excluding carboxylic acids is 2. The van der Waals surface area contributed by atoms with Gasteiger partial charge in [-0.2, -0.15) is 11.8 Å². The maximum absolute atomic E-state index is 13.5. The van der Waals surface area contributed by atoms with Crippen molar-refractivity contribution in [3.05, 3.63) is 58.0 Å². The minimum absolute atomic E-state index is 0.126. The second-order valence-corrected chi connectivity index (χ2v) is 7.36. The Morgan fingerprint density at radius 1 is 1.24 bits per heavy atom. The summed E-state index contributed by atoms with van der Waals surface area (Å²) in [6, 6.07) is 9.27. The van der Waals surface area contributed by atoms with Crippen LogP contribution in [0.3, 0.4) is 0 Å². The SMILES string of the molecule is NC(=O)NC(CC(=O)NCCSCc1ccccc1F)c1cccs1. The third-order valence-corrected chi connectivity index (χ3v) is 5.37. The second kappa shape index (κ2) is 10.0. The molecule has 1 aromatic carbocycles. The summed E-state index contributed by atoms with van der Waals surface area (Å²) < 4.78 is 13.5. The van der Waals surface area contributed by atoms with Crippen LogP contribution in [0.4, 0.5) is 9.18 Å². The van der Waals surface area contributed by atoms with E-state index in [0.29, 0.717) is 23.6 Å². The fourth-order valence-corrected chi connectivity index (χ4v) is 3.82. The van der Waals surface area contributed by atoms with Gasteiger partial charge in [-0.15, -0.1) is 11.3 Å². The van der Waals surface area contributed by atoms with Crippen LogP contribution in [-0.2, 0) is 10.5 Å². The molecule has 0 aliphatic heterocycles. The highest BCUT2D eigenvalue weighted by atomic mass is 32.2. The molecule has 5 nitrogen and oxygen atoms in total. The summed E-state index contributed by atoms with van der Waals surface area (Å²) in [5.41, 5.74) is 5.83. The summed E-state index contributed by atoms with van der Waals surface area (Å²) in [5, 5.41) is 7.27. The van der Waals surface area contributed by atoms with E-state index in [4.69, 9.17) is 5.73 Å². The van der Waals surface area contributed by atoms with E-state index >= 15 is 0 Å². The smallest absolute Gasteiger partial charge is 0.312 e. The first-order chi connectivity index (χ1) is 12.1. The molecule has 3 amide bonds. The first kappa shape index (κ1) is 19.3. The van der Waals surface area contributed by atoms with E-state index in [2.05, 4.69) is 10.6 Å². The lowest BCUT2D eigenvalue weighted by Gasteiger charge is -2.15. The van der Waals surface area contributed by atoms with Crippen LogP contribution in [0.2, 0.25) is 0 Å². The molecule has 0 saturated carbocycles. The quantitative estimate of drug-likeness (QED) is 0.584. The molecule has 0 fully saturated rings. The topological polar surface area (TPSA) is 84.2 Å². The zero-order valence-electron chi connectivity index (χ0n) is 13.5. The monoisotopic (exact) mass is 381 g/mol. The molecule has 0 radical (unpaired) electrons. The molecule has 134 valence electrons. The molecule has 25 heavy (non-hydrogen) atoms. The van der Waals surface area contributed by atoms with Gasteiger partial charge in [0.2, 0.25) is 5.91 Å². The third-order valence-electron chi connectivity index (χ3n) is 3.38. The predicted octanol–water partition coefficient (Wildman–Crippen LogP) is 3.04. The molecule has 1 heterocycles. The third kappa shape index (κ3) is 6.75. The number of nitrogens with one attached hydrogen (secondary N) is 2. The number of primary amides is 1. The number of hydrogen-bond donors (Lipinski definition) is 3. The molecule has 1 unspecified atom stereocenters. The second-order valence-electron chi connectivity index (χ2n) is 5.27. The molecule has 2 rings (SSSR count). The van der Waals surface area contributed by atoms with Crippen molar-refractivity contribution >= 4 is 35.0 Å². The Bertz CT molecular complexity index is 695. The molecule has 0 bridgehead atoms. The first-order valence-electron chi connectivity index (χ1n) is 7.73. The van der Waals surface area contributed by atoms with E-state index in [1.807, 2.05) is 17.5 Å². The van der Waals surface area contributed by atoms with Crippen LogP contribution in [0.25, 0.3) is 0 Å². The molecular weight excluding hydrogens is 361 g/mol. The Labute approximate surface area is 154 Å². The molecule has 8 heteroatoms. The Kier molecular flexibility index (Phi) is 7.75. The number of nitrogens with two attached hydrogens (primary N) is 1. The maximum Gasteiger partial charge on any atom is 0.312 e. The van der Waals surface area contributed by atoms with Gasteiger partial charge in [-0.25, -0.2) is 9.18 Å². The highest BCUT2D eigenvalue weighted by Crippen LogP contribution is 2.22. The van der Waals surface area contributed by atoms with Crippen molar-refractivity contribution < 1.29 is 14.0 Å². The van der Waals surface area contributed by atoms with E-state index in [9.17, 15) is 14.0 Å². The zero-order valence-corrected chi connectivity index (χ0v) is 15.2. The molecule has 2 aromatic rings. The van der Waals surface area contributed by atoms with Crippen molar-refractivity contribution in [2.75, 3.05) is 12.3 Å². The van der Waals surface area contributed by atoms with Gasteiger partial charge in [0.1, 0.15) is 5.82 Å². The van der Waals surface area contributed by atoms with Gasteiger partial charge in [0, 0.05) is 22.9 Å². The van der Waals surface area contributed by atoms with Crippen molar-refractivity contribution in [3.63, 3.8) is 0 Å². The van der Waals surface area contributed by atoms with Gasteiger partial charge in [-0.05, 0) is 23.1 Å². The van der Waals surface area contributed by atoms with Crippen LogP contribution in [0.1, 0.15) is 22.9 Å². The van der Waals surface area contributed by atoms with Crippen LogP contribution in [-0.4, -0.2) is 24.2 Å². The van der Waals surface area contributed by atoms with Gasteiger partial charge in [0.05, 0.1) is 12.5 Å². The molecule has 1 aromatic heterocycles. The Morgan fingerprint density at radius 3 is 2.72 bits per heavy atom. The number of carbonyl (C=O) groups is 2. The predicted molar refractivity (Wildman–Crippen MR) is 100.0 cm³/mol. The number of benzene rings is 1. The van der Waals surface area contributed by atoms with Gasteiger partial charge in [-0.3, -0.25) is 4.79 Å². The molecule has 0 aliphatic rings. The lowest BCUT2D eigenvalue weighted by Crippen LogP contribution is -2.36. The fraction of sp³-hybridized carbons (Fsp3) is 0.294. The summed E-state index contributed by atoms with van der Waals surface area (Å²) in [6.45, 7) is 0.478. The fourth-order valence-electron chi connectivity index (χ4n) is 2.20. The van der Waals surface area contributed by atoms with E-state index in [-0.39, 0.29) is 18.1 Å². The van der Waals surface area contributed by atoms with Crippen LogP contribution in [0, 0.1) is 5.82 Å². The van der Waals surface area contributed by atoms with Crippen molar-refractivity contribution in [1.82, 2.24) is 10.6 Å². The number of rotatable bonds is 9. The van der Waals surface area contributed by atoms with E-state index in [1.165, 1.54) is 17.4 Å². The van der Waals surface area contributed by atoms with Crippen LogP contribution in [0.5, 0.6) is 0 Å². The summed E-state index contributed by atoms with van der Waals surface area (Å²) in [4.78, 5) is 24.0. The first-order valence-corrected chi connectivity index (χ1v) is 9.77. The Balaban J connectivity index is 1.70. The van der Waals surface area contributed by atoms with Crippen molar-refractivity contribution in [2.24, 2.45) is 5.73 Å². The number of hydrogen-bond acceptors (Lipinski definition) is 4. The Hall–Kier alpha value is -2.06. The van der Waals surface area contributed by atoms with Gasteiger partial charge < -0.3 is 16.4 Å². The van der Waals surface area contributed by atoms with Crippen molar-refractivity contribution in [2.45, 2.75) is 18.2 Å². The number of halogens is 1. The normalized spacial score (nSPS) is 11.7. The number of thiophene rings is 1. The molecular formula is C17H20FN3O2S2. The standard InChI is InChI=1S/C17H20FN3O2S2/c18-13-5-2-1-4-12(13)11-24-9-7-20-16(22)10-14(21-17(19)23)15-6-3-8-25-15/h1-6,8,14H,7,9-11H2,(H,20,22)(H3,19,21,23). The van der Waals surface area contributed by atoms with Crippen LogP contribution < -0.4 is 16.4 Å². The number of thioether (sulfide) groups is 1. The maximum atomic E-state index is 13.5. The van der Waals surface area contributed by atoms with Gasteiger partial charge in [0.25, 0.3) is 0 Å². The molecule has 1 atom stereocenters. The van der Waals surface area contributed by atoms with Gasteiger partial charge >= 0.3 is 6.03 Å². The van der Waals surface area contributed by atoms with E-state index < -0.39 is 12.1 Å². The van der Waals surface area contributed by atoms with Crippen molar-refractivity contribution in [3.8, 4) is 0 Å². The van der Waals surface area contributed by atoms with E-state index in [1.54, 1.807) is 30.0 Å². The number of amides is 3. The lowest BCUT2D eigenvalue weighted by atomic mass is 10.1. The zero-order chi connectivity index (χ0) is 18.1. The minimum Gasteiger partial charge on any atom is -0.355 e. The molecule has 0 aliphatic carbocycles. The average molecular weight is 381 g/mol. The van der Waals surface area contributed by atoms with Crippen LogP contribution >= 0.6 is 23.1 Å². The van der Waals surface area contributed by atoms with Gasteiger partial charge in [0.15, 0.2) is 0 Å². The lowest BCUT2D eigenvalue weighted by molar-refractivity contribution is -0.121. The highest BCUT2D eigenvalue weighted by Gasteiger charge is 2.18. The molecule has 4 N–H and O–H groups in total. The largest absolute Gasteiger partial charge is 0.355 e. The van der Waals surface area contributed by atoms with Crippen molar-refractivity contribution in [1.29, 1.82) is 0 Å². The van der Waals surface area contributed by atoms with E-state index in [0.717, 1.165) is 4.88 Å². The summed E-state index contributed by atoms with van der Waals surface area (Å²) >= 11 is 3.00. The summed E-state index contributed by atoms with van der Waals surface area (Å²) in [7, 11) is 0. The molecule has 0 saturated heterocycles. The average Bonchev–Trinajstić information content (AvgIpc) is 3.09. The Morgan fingerprint density at radius 2 is 2.04 bits per heavy atom. The highest BCUT2D eigenvalue weighted by molar-refractivity contribution is 7.98. The summed E-state index contributed by atoms with van der Waals surface area (Å²) in [5.74, 6) is 0.852. The molecule has 0 spiro atoms.